The van der Waals surface area contributed by atoms with Gasteiger partial charge in [-0.2, -0.15) is 0 Å². The first kappa shape index (κ1) is 52.4. The fraction of sp³-hybridized carbons (Fsp3) is 0.469. The lowest BCUT2D eigenvalue weighted by Gasteiger charge is -2.35. The lowest BCUT2D eigenvalue weighted by molar-refractivity contribution is -0.202. The van der Waals surface area contributed by atoms with Crippen molar-refractivity contribution in [2.24, 2.45) is 0 Å². The molecule has 0 aliphatic carbocycles. The van der Waals surface area contributed by atoms with E-state index in [1.54, 1.807) is 36.4 Å². The quantitative estimate of drug-likeness (QED) is 0.0505. The summed E-state index contributed by atoms with van der Waals surface area (Å²) >= 11 is 0. The number of hydroxylamine groups is 2. The molecule has 3 aliphatic heterocycles. The summed E-state index contributed by atoms with van der Waals surface area (Å²) in [6, 6.07) is 28.0. The standard InChI is InChI=1S/C27H35NO8S.C22H27NO7S/c1-2-32-19-20-34-23-10-6-21(7-11-23)22-8-12-24(13-9-22)37(30,31)27(14-17-33-18-15-27)26(29)28-36-25-5-3-4-16-35-25;1-2-28-15-16-30-19-7-3-17(4-8-19)18-5-9-20(10-6-18)31(26,27)22(21(24)23-25)11-13-29-14-12-22/h6-13,25H,2-5,14-20H2,1H3,(H,28,29);3-10,25H,2,11-16H2,1H3,(H,23,24). The number of hydrogen-bond acceptors (Lipinski definition) is 15. The minimum absolute atomic E-state index is 0.0196. The monoisotopic (exact) mass is 982 g/mol. The van der Waals surface area contributed by atoms with Gasteiger partial charge in [-0.15, -0.1) is 0 Å². The van der Waals surface area contributed by atoms with Crippen LogP contribution in [-0.4, -0.2) is 122 Å². The SMILES string of the molecule is CCOCCOc1ccc(-c2ccc(S(=O)(=O)C3(C(=O)NO)CCOCC3)cc2)cc1.CCOCCOc1ccc(-c2ccc(S(=O)(=O)C3(C(=O)NOC4CCCCO4)CCOCC3)cc2)cc1. The summed E-state index contributed by atoms with van der Waals surface area (Å²) in [6.07, 6.45) is 1.98. The molecule has 3 heterocycles. The van der Waals surface area contributed by atoms with E-state index < -0.39 is 47.3 Å². The lowest BCUT2D eigenvalue weighted by Crippen LogP contribution is -2.56. The van der Waals surface area contributed by atoms with E-state index in [0.717, 1.165) is 46.6 Å². The molecular formula is C49H62N2O15S2. The number of ether oxygens (including phenoxy) is 7. The van der Waals surface area contributed by atoms with Gasteiger partial charge in [0.05, 0.1) is 23.0 Å². The number of carbonyl (C=O) groups is 2. The second kappa shape index (κ2) is 25.1. The molecule has 4 aromatic carbocycles. The summed E-state index contributed by atoms with van der Waals surface area (Å²) in [5.41, 5.74) is 7.40. The Morgan fingerprint density at radius 1 is 0.574 bits per heavy atom. The van der Waals surface area contributed by atoms with Gasteiger partial charge in [-0.05, 0) is 123 Å². The van der Waals surface area contributed by atoms with Crippen LogP contribution < -0.4 is 20.4 Å². The Morgan fingerprint density at radius 2 is 0.971 bits per heavy atom. The molecule has 0 radical (unpaired) electrons. The molecule has 370 valence electrons. The van der Waals surface area contributed by atoms with Crippen molar-refractivity contribution in [1.29, 1.82) is 0 Å². The van der Waals surface area contributed by atoms with Gasteiger partial charge >= 0.3 is 0 Å². The fourth-order valence-electron chi connectivity index (χ4n) is 8.07. The molecule has 1 unspecified atom stereocenters. The minimum atomic E-state index is -4.04. The molecule has 0 bridgehead atoms. The van der Waals surface area contributed by atoms with Crippen LogP contribution in [-0.2, 0) is 57.8 Å². The van der Waals surface area contributed by atoms with Crippen molar-refractivity contribution in [3.05, 3.63) is 97.1 Å². The second-order valence-electron chi connectivity index (χ2n) is 16.2. The van der Waals surface area contributed by atoms with E-state index in [0.29, 0.717) is 52.7 Å². The summed E-state index contributed by atoms with van der Waals surface area (Å²) in [6.45, 7) is 8.30. The highest BCUT2D eigenvalue weighted by atomic mass is 32.2. The molecule has 3 fully saturated rings. The molecule has 68 heavy (non-hydrogen) atoms. The van der Waals surface area contributed by atoms with Crippen LogP contribution in [0.3, 0.4) is 0 Å². The van der Waals surface area contributed by atoms with Crippen molar-refractivity contribution in [2.75, 3.05) is 72.7 Å². The largest absolute Gasteiger partial charge is 0.491 e. The molecule has 0 spiro atoms. The molecule has 0 saturated carbocycles. The Kier molecular flexibility index (Phi) is 19.3. The van der Waals surface area contributed by atoms with Crippen LogP contribution in [0.5, 0.6) is 11.5 Å². The molecular weight excluding hydrogens is 921 g/mol. The summed E-state index contributed by atoms with van der Waals surface area (Å²) in [4.78, 5) is 31.1. The zero-order valence-corrected chi connectivity index (χ0v) is 40.2. The van der Waals surface area contributed by atoms with Crippen LogP contribution in [0.15, 0.2) is 107 Å². The summed E-state index contributed by atoms with van der Waals surface area (Å²) in [7, 11) is -8.08. The Bertz CT molecular complexity index is 2420. The first-order chi connectivity index (χ1) is 32.9. The third-order valence-electron chi connectivity index (χ3n) is 12.1. The molecule has 2 amide bonds. The number of hydrogen-bond donors (Lipinski definition) is 3. The molecule has 1 atom stereocenters. The smallest absolute Gasteiger partial charge is 0.265 e. The van der Waals surface area contributed by atoms with Crippen LogP contribution >= 0.6 is 0 Å². The second-order valence-corrected chi connectivity index (χ2v) is 20.7. The van der Waals surface area contributed by atoms with Crippen molar-refractivity contribution in [2.45, 2.75) is 84.4 Å². The van der Waals surface area contributed by atoms with Gasteiger partial charge in [-0.25, -0.2) is 32.6 Å². The summed E-state index contributed by atoms with van der Waals surface area (Å²) in [5.74, 6) is -0.163. The van der Waals surface area contributed by atoms with Crippen molar-refractivity contribution in [1.82, 2.24) is 11.0 Å². The highest BCUT2D eigenvalue weighted by Crippen LogP contribution is 2.38. The van der Waals surface area contributed by atoms with Gasteiger partial charge in [-0.1, -0.05) is 48.5 Å². The van der Waals surface area contributed by atoms with Crippen LogP contribution in [0.1, 0.15) is 58.8 Å². The number of benzene rings is 4. The van der Waals surface area contributed by atoms with Crippen molar-refractivity contribution >= 4 is 31.5 Å². The molecule has 3 saturated heterocycles. The van der Waals surface area contributed by atoms with Crippen LogP contribution in [0.25, 0.3) is 22.3 Å². The third-order valence-corrected chi connectivity index (χ3v) is 17.1. The van der Waals surface area contributed by atoms with Gasteiger partial charge in [0, 0.05) is 52.7 Å². The van der Waals surface area contributed by atoms with E-state index in [1.165, 1.54) is 17.6 Å². The van der Waals surface area contributed by atoms with Gasteiger partial charge < -0.3 is 33.2 Å². The van der Waals surface area contributed by atoms with E-state index in [9.17, 15) is 26.4 Å². The molecule has 7 rings (SSSR count). The zero-order valence-electron chi connectivity index (χ0n) is 38.5. The van der Waals surface area contributed by atoms with Gasteiger partial charge in [0.2, 0.25) is 0 Å². The lowest BCUT2D eigenvalue weighted by atomic mass is 9.98. The Balaban J connectivity index is 0.000000228. The number of amides is 2. The molecule has 19 heteroatoms. The van der Waals surface area contributed by atoms with E-state index in [2.05, 4.69) is 5.48 Å². The summed E-state index contributed by atoms with van der Waals surface area (Å²) in [5, 5.41) is 9.14. The average Bonchev–Trinajstić information content (AvgIpc) is 3.39. The third kappa shape index (κ3) is 12.6. The van der Waals surface area contributed by atoms with Crippen molar-refractivity contribution in [3.8, 4) is 33.8 Å². The highest BCUT2D eigenvalue weighted by molar-refractivity contribution is 7.94. The highest BCUT2D eigenvalue weighted by Gasteiger charge is 2.53. The van der Waals surface area contributed by atoms with Crippen LogP contribution in [0, 0.1) is 0 Å². The van der Waals surface area contributed by atoms with E-state index >= 15 is 0 Å². The van der Waals surface area contributed by atoms with E-state index in [4.69, 9.17) is 43.2 Å². The van der Waals surface area contributed by atoms with Crippen molar-refractivity contribution < 1.29 is 69.6 Å². The maximum Gasteiger partial charge on any atom is 0.265 e. The molecule has 0 aromatic heterocycles. The van der Waals surface area contributed by atoms with Crippen LogP contribution in [0.4, 0.5) is 0 Å². The average molecular weight is 983 g/mol. The predicted octanol–water partition coefficient (Wildman–Crippen LogP) is 6.26. The molecule has 4 aromatic rings. The van der Waals surface area contributed by atoms with Crippen molar-refractivity contribution in [3.63, 3.8) is 0 Å². The van der Waals surface area contributed by atoms with Gasteiger partial charge in [0.25, 0.3) is 11.8 Å². The minimum Gasteiger partial charge on any atom is -0.491 e. The predicted molar refractivity (Wildman–Crippen MR) is 250 cm³/mol. The Morgan fingerprint density at radius 3 is 1.34 bits per heavy atom. The van der Waals surface area contributed by atoms with E-state index in [-0.39, 0.29) is 61.9 Å². The molecule has 3 N–H and O–H groups in total. The van der Waals surface area contributed by atoms with Gasteiger partial charge in [0.1, 0.15) is 24.7 Å². The van der Waals surface area contributed by atoms with E-state index in [1.807, 2.05) is 62.4 Å². The first-order valence-corrected chi connectivity index (χ1v) is 25.9. The van der Waals surface area contributed by atoms with Crippen LogP contribution in [0.2, 0.25) is 0 Å². The maximum absolute atomic E-state index is 13.8. The normalized spacial score (nSPS) is 18.0. The number of rotatable bonds is 20. The number of sulfone groups is 2. The molecule has 17 nitrogen and oxygen atoms in total. The Labute approximate surface area is 398 Å². The summed E-state index contributed by atoms with van der Waals surface area (Å²) < 4.78 is 88.7. The fourth-order valence-corrected chi connectivity index (χ4v) is 11.9. The number of carbonyl (C=O) groups excluding carboxylic acids is 2. The van der Waals surface area contributed by atoms with Gasteiger partial charge in [-0.3, -0.25) is 14.8 Å². The zero-order chi connectivity index (χ0) is 48.5. The molecule has 3 aliphatic rings. The Hall–Kier alpha value is -4.96. The topological polar surface area (TPSA) is 221 Å². The van der Waals surface area contributed by atoms with Gasteiger partial charge in [0.15, 0.2) is 35.5 Å². The first-order valence-electron chi connectivity index (χ1n) is 22.9. The number of nitrogens with one attached hydrogen (secondary N) is 2. The maximum atomic E-state index is 13.8.